The van der Waals surface area contributed by atoms with Crippen molar-refractivity contribution in [2.75, 3.05) is 5.32 Å². The van der Waals surface area contributed by atoms with E-state index < -0.39 is 41.2 Å². The molecule has 2 N–H and O–H groups in total. The van der Waals surface area contributed by atoms with Crippen LogP contribution in [0.4, 0.5) is 10.2 Å². The number of rotatable bonds is 4. The molecule has 25 heavy (non-hydrogen) atoms. The highest BCUT2D eigenvalue weighted by molar-refractivity contribution is 5.40. The molecule has 0 aliphatic carbocycles. The van der Waals surface area contributed by atoms with Crippen molar-refractivity contribution >= 4 is 5.82 Å². The van der Waals surface area contributed by atoms with Gasteiger partial charge in [0.2, 0.25) is 0 Å². The van der Waals surface area contributed by atoms with Gasteiger partial charge in [0, 0.05) is 12.1 Å². The quantitative estimate of drug-likeness (QED) is 0.764. The maximum Gasteiger partial charge on any atom is 0.334 e. The van der Waals surface area contributed by atoms with Crippen molar-refractivity contribution in [3.8, 4) is 5.69 Å². The number of aromatic nitrogens is 2. The molecular formula is C19H18FN3O2. The normalized spacial score (nSPS) is 14.8. The summed E-state index contributed by atoms with van der Waals surface area (Å²) in [6.45, 7) is 3.16. The first-order valence-corrected chi connectivity index (χ1v) is 7.48. The second kappa shape index (κ2) is 6.76. The summed E-state index contributed by atoms with van der Waals surface area (Å²) in [7, 11) is 0. The number of aromatic amines is 1. The van der Waals surface area contributed by atoms with Gasteiger partial charge in [0.25, 0.3) is 5.56 Å². The zero-order chi connectivity index (χ0) is 22.3. The Morgan fingerprint density at radius 1 is 1.16 bits per heavy atom. The van der Waals surface area contributed by atoms with Crippen LogP contribution in [0.2, 0.25) is 0 Å². The third-order valence-corrected chi connectivity index (χ3v) is 3.54. The van der Waals surface area contributed by atoms with Gasteiger partial charge in [-0.1, -0.05) is 30.2 Å². The fourth-order valence-electron chi connectivity index (χ4n) is 2.45. The van der Waals surface area contributed by atoms with E-state index in [-0.39, 0.29) is 29.2 Å². The first kappa shape index (κ1) is 11.4. The number of nitrogens with one attached hydrogen (secondary N) is 2. The summed E-state index contributed by atoms with van der Waals surface area (Å²) in [5.41, 5.74) is -0.938. The third kappa shape index (κ3) is 3.68. The van der Waals surface area contributed by atoms with Gasteiger partial charge >= 0.3 is 5.69 Å². The number of hydrogen-bond donors (Lipinski definition) is 2. The van der Waals surface area contributed by atoms with Crippen molar-refractivity contribution in [2.24, 2.45) is 0 Å². The Morgan fingerprint density at radius 2 is 1.88 bits per heavy atom. The smallest absolute Gasteiger partial charge is 0.334 e. The Hall–Kier alpha value is -3.15. The number of anilines is 1. The predicted molar refractivity (Wildman–Crippen MR) is 95.8 cm³/mol. The summed E-state index contributed by atoms with van der Waals surface area (Å²) in [6, 6.07) is 1.83. The fraction of sp³-hybridized carbons (Fsp3) is 0.158. The van der Waals surface area contributed by atoms with E-state index in [1.54, 1.807) is 6.92 Å². The van der Waals surface area contributed by atoms with Crippen molar-refractivity contribution in [1.82, 2.24) is 9.55 Å². The average molecular weight is 344 g/mol. The number of H-pyrrole nitrogens is 1. The maximum absolute atomic E-state index is 13.7. The Labute approximate surface area is 150 Å². The highest BCUT2D eigenvalue weighted by atomic mass is 19.1. The van der Waals surface area contributed by atoms with E-state index in [2.05, 4.69) is 10.3 Å². The Morgan fingerprint density at radius 3 is 2.52 bits per heavy atom. The number of aryl methyl sites for hydroxylation is 1. The third-order valence-electron chi connectivity index (χ3n) is 3.54. The van der Waals surface area contributed by atoms with Crippen LogP contribution < -0.4 is 16.6 Å². The molecule has 6 heteroatoms. The molecule has 0 radical (unpaired) electrons. The predicted octanol–water partition coefficient (Wildman–Crippen LogP) is 3.15. The van der Waals surface area contributed by atoms with Gasteiger partial charge in [-0.05, 0) is 43.2 Å². The van der Waals surface area contributed by atoms with Gasteiger partial charge in [-0.25, -0.2) is 13.8 Å². The molecule has 3 aromatic rings. The van der Waals surface area contributed by atoms with Gasteiger partial charge in [0.05, 0.1) is 12.5 Å². The lowest BCUT2D eigenvalue weighted by molar-refractivity contribution is 0.624. The van der Waals surface area contributed by atoms with Crippen molar-refractivity contribution < 1.29 is 11.2 Å². The minimum atomic E-state index is -0.818. The summed E-state index contributed by atoms with van der Waals surface area (Å²) in [6.07, 6.45) is 0. The van der Waals surface area contributed by atoms with Gasteiger partial charge < -0.3 is 5.32 Å². The summed E-state index contributed by atoms with van der Waals surface area (Å²) in [5, 5.41) is 2.79. The monoisotopic (exact) mass is 344 g/mol. The van der Waals surface area contributed by atoms with Crippen molar-refractivity contribution in [3.63, 3.8) is 0 Å². The van der Waals surface area contributed by atoms with Crippen LogP contribution in [0.15, 0.2) is 64.1 Å². The Bertz CT molecular complexity index is 1190. The average Bonchev–Trinajstić information content (AvgIpc) is 2.63. The van der Waals surface area contributed by atoms with Crippen LogP contribution in [0.3, 0.4) is 0 Å². The molecule has 1 heterocycles. The highest BCUT2D eigenvalue weighted by Crippen LogP contribution is 2.16. The van der Waals surface area contributed by atoms with E-state index in [1.165, 1.54) is 19.1 Å². The SMILES string of the molecule is [2H]c1c([2H])c([2H])c([C@H](C)Nc2cc(=O)n(-c3cc(C)cc(F)c3)c(=O)[nH]2)c([2H])c1[2H]. The lowest BCUT2D eigenvalue weighted by atomic mass is 10.1. The van der Waals surface area contributed by atoms with Crippen LogP contribution in [-0.4, -0.2) is 9.55 Å². The first-order valence-electron chi connectivity index (χ1n) is 9.98. The fourth-order valence-corrected chi connectivity index (χ4v) is 2.45. The van der Waals surface area contributed by atoms with Crippen molar-refractivity contribution in [3.05, 3.63) is 92.3 Å². The molecule has 0 saturated heterocycles. The zero-order valence-electron chi connectivity index (χ0n) is 18.5. The van der Waals surface area contributed by atoms with Gasteiger partial charge in [0.15, 0.2) is 0 Å². The van der Waals surface area contributed by atoms with Crippen LogP contribution in [-0.2, 0) is 0 Å². The minimum absolute atomic E-state index is 0.00585. The molecule has 0 spiro atoms. The standard InChI is InChI=1S/C19H18FN3O2/c1-12-8-15(20)10-16(9-12)23-18(24)11-17(22-19(23)25)21-13(2)14-6-4-3-5-7-14/h3-11,13,21H,1-2H3,(H,22,25)/t13-/m0/s1/i3D,4D,5D,6D,7D. The van der Waals surface area contributed by atoms with Crippen LogP contribution >= 0.6 is 0 Å². The van der Waals surface area contributed by atoms with Gasteiger partial charge in [0.1, 0.15) is 11.6 Å². The van der Waals surface area contributed by atoms with E-state index in [9.17, 15) is 14.0 Å². The topological polar surface area (TPSA) is 66.9 Å². The van der Waals surface area contributed by atoms with E-state index in [1.807, 2.05) is 0 Å². The van der Waals surface area contributed by atoms with E-state index in [4.69, 9.17) is 6.85 Å². The Balaban J connectivity index is 2.02. The molecule has 0 bridgehead atoms. The second-order valence-electron chi connectivity index (χ2n) is 5.55. The zero-order valence-corrected chi connectivity index (χ0v) is 13.5. The summed E-state index contributed by atoms with van der Waals surface area (Å²) < 4.78 is 53.6. The van der Waals surface area contributed by atoms with Gasteiger partial charge in [-0.2, -0.15) is 0 Å². The van der Waals surface area contributed by atoms with E-state index >= 15 is 0 Å². The molecule has 1 aromatic heterocycles. The molecule has 1 atom stereocenters. The molecule has 0 unspecified atom stereocenters. The number of hydrogen-bond acceptors (Lipinski definition) is 3. The molecule has 3 rings (SSSR count). The van der Waals surface area contributed by atoms with E-state index in [0.717, 1.165) is 16.7 Å². The molecule has 128 valence electrons. The molecule has 0 aliphatic heterocycles. The lowest BCUT2D eigenvalue weighted by Gasteiger charge is -2.15. The molecule has 0 fully saturated rings. The molecule has 5 nitrogen and oxygen atoms in total. The van der Waals surface area contributed by atoms with Gasteiger partial charge in [-0.15, -0.1) is 0 Å². The number of benzene rings is 2. The first-order chi connectivity index (χ1) is 14.0. The van der Waals surface area contributed by atoms with Crippen LogP contribution in [0.5, 0.6) is 0 Å². The Kier molecular flexibility index (Phi) is 3.09. The molecule has 0 aliphatic rings. The van der Waals surface area contributed by atoms with Crippen molar-refractivity contribution in [2.45, 2.75) is 19.9 Å². The van der Waals surface area contributed by atoms with E-state index in [0.29, 0.717) is 5.56 Å². The summed E-state index contributed by atoms with van der Waals surface area (Å²) in [4.78, 5) is 27.4. The summed E-state index contributed by atoms with van der Waals surface area (Å²) >= 11 is 0. The second-order valence-corrected chi connectivity index (χ2v) is 5.55. The molecule has 0 saturated carbocycles. The van der Waals surface area contributed by atoms with Crippen LogP contribution in [0.1, 0.15) is 30.9 Å². The lowest BCUT2D eigenvalue weighted by Crippen LogP contribution is -2.34. The summed E-state index contributed by atoms with van der Waals surface area (Å²) in [5.74, 6) is -0.595. The molecule has 0 amide bonds. The largest absolute Gasteiger partial charge is 0.365 e. The maximum atomic E-state index is 13.7. The number of nitrogens with zero attached hydrogens (tertiary/aromatic N) is 1. The molecular weight excluding hydrogens is 321 g/mol. The highest BCUT2D eigenvalue weighted by Gasteiger charge is 2.11. The van der Waals surface area contributed by atoms with Crippen LogP contribution in [0, 0.1) is 12.7 Å². The molecule has 2 aromatic carbocycles. The van der Waals surface area contributed by atoms with Crippen molar-refractivity contribution in [1.29, 1.82) is 0 Å². The van der Waals surface area contributed by atoms with Crippen LogP contribution in [0.25, 0.3) is 5.69 Å². The number of halogens is 1. The minimum Gasteiger partial charge on any atom is -0.365 e. The van der Waals surface area contributed by atoms with Gasteiger partial charge in [-0.3, -0.25) is 9.78 Å².